The second kappa shape index (κ2) is 4.65. The first-order chi connectivity index (χ1) is 7.58. The fourth-order valence-electron chi connectivity index (χ4n) is 2.47. The van der Waals surface area contributed by atoms with Gasteiger partial charge in [0, 0.05) is 19.5 Å². The third kappa shape index (κ3) is 2.70. The maximum atomic E-state index is 13.2. The van der Waals surface area contributed by atoms with Crippen LogP contribution in [0, 0.1) is 5.92 Å². The number of likely N-dealkylation sites (tertiary alicyclic amines) is 1. The highest BCUT2D eigenvalue weighted by Gasteiger charge is 2.38. The van der Waals surface area contributed by atoms with E-state index in [2.05, 4.69) is 5.32 Å². The molecule has 92 valence electrons. The molecule has 1 atom stereocenters. The zero-order valence-corrected chi connectivity index (χ0v) is 9.35. The summed E-state index contributed by atoms with van der Waals surface area (Å²) in [5.74, 6) is -2.87. The largest absolute Gasteiger partial charge is 0.336 e. The average molecular weight is 232 g/mol. The van der Waals surface area contributed by atoms with Gasteiger partial charge in [-0.3, -0.25) is 4.79 Å². The molecule has 0 unspecified atom stereocenters. The monoisotopic (exact) mass is 232 g/mol. The summed E-state index contributed by atoms with van der Waals surface area (Å²) in [5.41, 5.74) is 0. The van der Waals surface area contributed by atoms with Crippen molar-refractivity contribution in [2.75, 3.05) is 26.2 Å². The second-order valence-electron chi connectivity index (χ2n) is 4.76. The van der Waals surface area contributed by atoms with Crippen LogP contribution in [0.1, 0.15) is 25.7 Å². The molecule has 0 saturated carbocycles. The SMILES string of the molecule is O=C([C@@H]1CCCNC1)N1CCCC(F)(F)C1. The van der Waals surface area contributed by atoms with E-state index in [-0.39, 0.29) is 24.8 Å². The predicted octanol–water partition coefficient (Wildman–Crippen LogP) is 1.24. The van der Waals surface area contributed by atoms with Crippen molar-refractivity contribution in [2.45, 2.75) is 31.6 Å². The fraction of sp³-hybridized carbons (Fsp3) is 0.909. The summed E-state index contributed by atoms with van der Waals surface area (Å²) in [7, 11) is 0. The molecule has 0 spiro atoms. The minimum absolute atomic E-state index is 0.0836. The number of amides is 1. The van der Waals surface area contributed by atoms with Crippen LogP contribution in [0.3, 0.4) is 0 Å². The van der Waals surface area contributed by atoms with Gasteiger partial charge in [0.25, 0.3) is 5.92 Å². The molecular weight excluding hydrogens is 214 g/mol. The lowest BCUT2D eigenvalue weighted by atomic mass is 9.96. The number of carbonyl (C=O) groups is 1. The minimum Gasteiger partial charge on any atom is -0.336 e. The summed E-state index contributed by atoms with van der Waals surface area (Å²) >= 11 is 0. The van der Waals surface area contributed by atoms with Crippen LogP contribution >= 0.6 is 0 Å². The maximum Gasteiger partial charge on any atom is 0.265 e. The van der Waals surface area contributed by atoms with E-state index in [1.807, 2.05) is 0 Å². The highest BCUT2D eigenvalue weighted by Crippen LogP contribution is 2.28. The van der Waals surface area contributed by atoms with Crippen LogP contribution in [0.25, 0.3) is 0 Å². The number of nitrogens with zero attached hydrogens (tertiary/aromatic N) is 1. The van der Waals surface area contributed by atoms with Gasteiger partial charge in [0.2, 0.25) is 5.91 Å². The molecule has 0 radical (unpaired) electrons. The van der Waals surface area contributed by atoms with Gasteiger partial charge < -0.3 is 10.2 Å². The van der Waals surface area contributed by atoms with Crippen LogP contribution < -0.4 is 5.32 Å². The van der Waals surface area contributed by atoms with Crippen molar-refractivity contribution in [3.8, 4) is 0 Å². The first-order valence-corrected chi connectivity index (χ1v) is 5.96. The Labute approximate surface area is 94.2 Å². The van der Waals surface area contributed by atoms with Crippen molar-refractivity contribution >= 4 is 5.91 Å². The smallest absolute Gasteiger partial charge is 0.265 e. The first-order valence-electron chi connectivity index (χ1n) is 5.96. The molecule has 2 saturated heterocycles. The van der Waals surface area contributed by atoms with Crippen molar-refractivity contribution in [1.82, 2.24) is 10.2 Å². The lowest BCUT2D eigenvalue weighted by Crippen LogP contribution is -2.50. The Morgan fingerprint density at radius 1 is 1.38 bits per heavy atom. The van der Waals surface area contributed by atoms with Gasteiger partial charge in [0.1, 0.15) is 0 Å². The van der Waals surface area contributed by atoms with Gasteiger partial charge >= 0.3 is 0 Å². The minimum atomic E-state index is -2.68. The van der Waals surface area contributed by atoms with Crippen LogP contribution in [-0.4, -0.2) is 42.9 Å². The summed E-state index contributed by atoms with van der Waals surface area (Å²) in [6.45, 7) is 1.67. The van der Waals surface area contributed by atoms with Gasteiger partial charge in [-0.05, 0) is 25.8 Å². The van der Waals surface area contributed by atoms with E-state index in [9.17, 15) is 13.6 Å². The standard InChI is InChI=1S/C11H18F2N2O/c12-11(13)4-2-6-15(8-11)10(16)9-3-1-5-14-7-9/h9,14H,1-8H2/t9-/m1/s1. The highest BCUT2D eigenvalue weighted by atomic mass is 19.3. The molecule has 2 aliphatic heterocycles. The molecule has 3 nitrogen and oxygen atoms in total. The molecule has 2 rings (SSSR count). The van der Waals surface area contributed by atoms with E-state index in [1.54, 1.807) is 0 Å². The first kappa shape index (κ1) is 11.8. The van der Waals surface area contributed by atoms with Crippen molar-refractivity contribution in [1.29, 1.82) is 0 Å². The zero-order chi connectivity index (χ0) is 11.6. The Morgan fingerprint density at radius 3 is 2.81 bits per heavy atom. The maximum absolute atomic E-state index is 13.2. The van der Waals surface area contributed by atoms with Crippen LogP contribution in [0.15, 0.2) is 0 Å². The fourth-order valence-corrected chi connectivity index (χ4v) is 2.47. The average Bonchev–Trinajstić information content (AvgIpc) is 2.28. The van der Waals surface area contributed by atoms with Gasteiger partial charge in [-0.25, -0.2) is 8.78 Å². The molecule has 1 amide bonds. The van der Waals surface area contributed by atoms with E-state index < -0.39 is 5.92 Å². The number of nitrogens with one attached hydrogen (secondary N) is 1. The topological polar surface area (TPSA) is 32.3 Å². The third-order valence-corrected chi connectivity index (χ3v) is 3.35. The molecule has 0 aromatic heterocycles. The quantitative estimate of drug-likeness (QED) is 0.738. The van der Waals surface area contributed by atoms with Crippen molar-refractivity contribution in [3.63, 3.8) is 0 Å². The molecule has 1 N–H and O–H groups in total. The van der Waals surface area contributed by atoms with E-state index in [1.165, 1.54) is 4.90 Å². The Morgan fingerprint density at radius 2 is 2.19 bits per heavy atom. The molecular formula is C11H18F2N2O. The molecule has 0 bridgehead atoms. The van der Waals surface area contributed by atoms with E-state index in [0.29, 0.717) is 19.5 Å². The number of hydrogen-bond acceptors (Lipinski definition) is 2. The van der Waals surface area contributed by atoms with Crippen molar-refractivity contribution in [2.24, 2.45) is 5.92 Å². The highest BCUT2D eigenvalue weighted by molar-refractivity contribution is 5.79. The number of halogens is 2. The van der Waals surface area contributed by atoms with Gasteiger partial charge in [-0.15, -0.1) is 0 Å². The zero-order valence-electron chi connectivity index (χ0n) is 9.35. The van der Waals surface area contributed by atoms with Crippen molar-refractivity contribution < 1.29 is 13.6 Å². The molecule has 5 heteroatoms. The Kier molecular flexibility index (Phi) is 3.42. The number of hydrogen-bond donors (Lipinski definition) is 1. The normalized spacial score (nSPS) is 30.1. The number of rotatable bonds is 1. The summed E-state index contributed by atoms with van der Waals surface area (Å²) in [4.78, 5) is 13.3. The van der Waals surface area contributed by atoms with Gasteiger partial charge in [-0.2, -0.15) is 0 Å². The Bertz CT molecular complexity index is 265. The molecule has 16 heavy (non-hydrogen) atoms. The molecule has 0 aliphatic carbocycles. The third-order valence-electron chi connectivity index (χ3n) is 3.35. The molecule has 2 fully saturated rings. The number of alkyl halides is 2. The summed E-state index contributed by atoms with van der Waals surface area (Å²) in [6.07, 6.45) is 2.12. The Hall–Kier alpha value is -0.710. The summed E-state index contributed by atoms with van der Waals surface area (Å²) < 4.78 is 26.3. The molecule has 2 heterocycles. The van der Waals surface area contributed by atoms with Gasteiger partial charge in [0.15, 0.2) is 0 Å². The van der Waals surface area contributed by atoms with Crippen LogP contribution in [0.4, 0.5) is 8.78 Å². The van der Waals surface area contributed by atoms with Crippen LogP contribution in [-0.2, 0) is 4.79 Å². The van der Waals surface area contributed by atoms with Gasteiger partial charge in [0.05, 0.1) is 12.5 Å². The lowest BCUT2D eigenvalue weighted by molar-refractivity contribution is -0.146. The molecule has 0 aromatic rings. The van der Waals surface area contributed by atoms with E-state index >= 15 is 0 Å². The number of piperidine rings is 2. The second-order valence-corrected chi connectivity index (χ2v) is 4.76. The van der Waals surface area contributed by atoms with Crippen molar-refractivity contribution in [3.05, 3.63) is 0 Å². The van der Waals surface area contributed by atoms with Crippen LogP contribution in [0.2, 0.25) is 0 Å². The molecule has 2 aliphatic rings. The number of carbonyl (C=O) groups excluding carboxylic acids is 1. The lowest BCUT2D eigenvalue weighted by Gasteiger charge is -2.35. The summed E-state index contributed by atoms with van der Waals surface area (Å²) in [5, 5.41) is 3.14. The summed E-state index contributed by atoms with van der Waals surface area (Å²) in [6, 6.07) is 0. The van der Waals surface area contributed by atoms with E-state index in [4.69, 9.17) is 0 Å². The Balaban J connectivity index is 1.93. The van der Waals surface area contributed by atoms with Crippen LogP contribution in [0.5, 0.6) is 0 Å². The van der Waals surface area contributed by atoms with E-state index in [0.717, 1.165) is 19.4 Å². The molecule has 0 aromatic carbocycles. The van der Waals surface area contributed by atoms with Gasteiger partial charge in [-0.1, -0.05) is 0 Å². The predicted molar refractivity (Wildman–Crippen MR) is 56.4 cm³/mol.